The first-order valence-corrected chi connectivity index (χ1v) is 10.7. The quantitative estimate of drug-likeness (QED) is 0.472. The van der Waals surface area contributed by atoms with Crippen LogP contribution in [0.1, 0.15) is 13.8 Å². The fourth-order valence-corrected chi connectivity index (χ4v) is 2.82. The molecule has 2 aliphatic rings. The van der Waals surface area contributed by atoms with E-state index >= 15 is 0 Å². The average Bonchev–Trinajstić information content (AvgIpc) is 3.07. The first kappa shape index (κ1) is 19.9. The van der Waals surface area contributed by atoms with E-state index < -0.39 is 20.3 Å². The van der Waals surface area contributed by atoms with E-state index in [1.54, 1.807) is 6.66 Å². The van der Waals surface area contributed by atoms with E-state index in [-0.39, 0.29) is 18.3 Å². The van der Waals surface area contributed by atoms with E-state index in [0.29, 0.717) is 13.2 Å². The number of rotatable bonds is 5. The zero-order valence-corrected chi connectivity index (χ0v) is 16.4. The normalized spacial score (nSPS) is 33.0. The zero-order valence-electron chi connectivity index (χ0n) is 12.4. The van der Waals surface area contributed by atoms with Crippen LogP contribution in [-0.4, -0.2) is 61.4 Å². The second-order valence-electron chi connectivity index (χ2n) is 4.82. The standard InChI is InChI=1S/C7H13BrO3.C5H9BrO3P/c1-5(2)10-7-9-4-6(3-8)11-7;1-10(7)5-8-3-4(2-6)9-5/h5-7H,3-4H2,1-2H3;4-5H,2-3H2,1H3/q;+1. The van der Waals surface area contributed by atoms with Gasteiger partial charge in [-0.2, -0.15) is 0 Å². The lowest BCUT2D eigenvalue weighted by Gasteiger charge is -2.13. The van der Waals surface area contributed by atoms with Crippen LogP contribution >= 0.6 is 39.7 Å². The van der Waals surface area contributed by atoms with E-state index in [1.807, 2.05) is 13.8 Å². The van der Waals surface area contributed by atoms with Gasteiger partial charge in [0.15, 0.2) is 0 Å². The van der Waals surface area contributed by atoms with Crippen LogP contribution in [0.4, 0.5) is 0 Å². The number of halogens is 2. The molecule has 0 N–H and O–H groups in total. The lowest BCUT2D eigenvalue weighted by Crippen LogP contribution is -2.19. The van der Waals surface area contributed by atoms with Crippen molar-refractivity contribution in [2.45, 2.75) is 44.7 Å². The van der Waals surface area contributed by atoms with Crippen LogP contribution in [-0.2, 0) is 28.2 Å². The highest BCUT2D eigenvalue weighted by Gasteiger charge is 2.36. The van der Waals surface area contributed by atoms with E-state index in [4.69, 9.17) is 23.7 Å². The van der Waals surface area contributed by atoms with Crippen LogP contribution in [0, 0.1) is 0 Å². The summed E-state index contributed by atoms with van der Waals surface area (Å²) in [6.45, 7) is 6.21. The summed E-state index contributed by atoms with van der Waals surface area (Å²) >= 11 is 6.56. The van der Waals surface area contributed by atoms with Crippen molar-refractivity contribution >= 4 is 39.7 Å². The molecular formula is C12H22Br2O6P+. The van der Waals surface area contributed by atoms with E-state index in [2.05, 4.69) is 31.9 Å². The van der Waals surface area contributed by atoms with Crippen molar-refractivity contribution in [1.82, 2.24) is 0 Å². The van der Waals surface area contributed by atoms with E-state index in [1.165, 1.54) is 0 Å². The topological polar surface area (TPSA) is 63.2 Å². The first-order valence-electron chi connectivity index (χ1n) is 6.67. The number of hydrogen-bond donors (Lipinski definition) is 0. The minimum atomic E-state index is -1.35. The Morgan fingerprint density at radius 1 is 1.14 bits per heavy atom. The Hall–Kier alpha value is 0.860. The smallest absolute Gasteiger partial charge is 0.327 e. The van der Waals surface area contributed by atoms with Crippen molar-refractivity contribution in [3.05, 3.63) is 0 Å². The molecule has 0 aliphatic carbocycles. The molecule has 2 aliphatic heterocycles. The Balaban J connectivity index is 0.000000211. The van der Waals surface area contributed by atoms with Crippen LogP contribution in [0.3, 0.4) is 0 Å². The van der Waals surface area contributed by atoms with Crippen molar-refractivity contribution < 1.29 is 28.2 Å². The third-order valence-corrected chi connectivity index (χ3v) is 4.79. The molecule has 2 rings (SSSR count). The predicted molar refractivity (Wildman–Crippen MR) is 86.6 cm³/mol. The first-order chi connectivity index (χ1) is 9.96. The molecule has 5 unspecified atom stereocenters. The SMILES string of the molecule is CC(C)OC1OCC(CBr)O1.C[P+](=O)C1OCC(CBr)O1. The van der Waals surface area contributed by atoms with Crippen molar-refractivity contribution in [1.29, 1.82) is 0 Å². The third kappa shape index (κ3) is 7.79. The van der Waals surface area contributed by atoms with Gasteiger partial charge in [0.1, 0.15) is 6.66 Å². The summed E-state index contributed by atoms with van der Waals surface area (Å²) in [6, 6.07) is -0.474. The fraction of sp³-hybridized carbons (Fsp3) is 1.00. The molecular weight excluding hydrogens is 431 g/mol. The number of hydrogen-bond acceptors (Lipinski definition) is 6. The van der Waals surface area contributed by atoms with Gasteiger partial charge in [-0.05, 0) is 13.8 Å². The van der Waals surface area contributed by atoms with Crippen LogP contribution in [0.2, 0.25) is 0 Å². The molecule has 5 atom stereocenters. The van der Waals surface area contributed by atoms with Crippen LogP contribution in [0.25, 0.3) is 0 Å². The van der Waals surface area contributed by atoms with Crippen LogP contribution in [0.15, 0.2) is 0 Å². The zero-order chi connectivity index (χ0) is 15.8. The molecule has 9 heteroatoms. The summed E-state index contributed by atoms with van der Waals surface area (Å²) < 4.78 is 36.9. The highest BCUT2D eigenvalue weighted by molar-refractivity contribution is 9.09. The maximum atomic E-state index is 10.8. The van der Waals surface area contributed by atoms with Gasteiger partial charge in [0.05, 0.1) is 31.5 Å². The molecule has 0 saturated carbocycles. The Morgan fingerprint density at radius 2 is 1.71 bits per heavy atom. The number of alkyl halides is 2. The highest BCUT2D eigenvalue weighted by atomic mass is 79.9. The Bertz CT molecular complexity index is 320. The summed E-state index contributed by atoms with van der Waals surface area (Å²) in [7, 11) is -1.35. The van der Waals surface area contributed by atoms with Gasteiger partial charge in [-0.1, -0.05) is 36.4 Å². The third-order valence-electron chi connectivity index (χ3n) is 2.48. The second kappa shape index (κ2) is 10.6. The molecule has 21 heavy (non-hydrogen) atoms. The molecule has 124 valence electrons. The van der Waals surface area contributed by atoms with Gasteiger partial charge >= 0.3 is 13.8 Å². The number of ether oxygens (including phenoxy) is 5. The molecule has 6 nitrogen and oxygen atoms in total. The largest absolute Gasteiger partial charge is 0.398 e. The summed E-state index contributed by atoms with van der Waals surface area (Å²) in [5, 5.41) is 1.54. The predicted octanol–water partition coefficient (Wildman–Crippen LogP) is 3.04. The monoisotopic (exact) mass is 451 g/mol. The van der Waals surface area contributed by atoms with E-state index in [0.717, 1.165) is 10.7 Å². The minimum absolute atomic E-state index is 0.0731. The van der Waals surface area contributed by atoms with Gasteiger partial charge < -0.3 is 23.7 Å². The molecule has 0 bridgehead atoms. The van der Waals surface area contributed by atoms with Crippen molar-refractivity contribution in [3.63, 3.8) is 0 Å². The molecule has 0 spiro atoms. The van der Waals surface area contributed by atoms with Gasteiger partial charge in [0.25, 0.3) is 6.48 Å². The van der Waals surface area contributed by atoms with Crippen molar-refractivity contribution in [3.8, 4) is 0 Å². The maximum absolute atomic E-state index is 10.8. The van der Waals surface area contributed by atoms with Crippen LogP contribution < -0.4 is 0 Å². The van der Waals surface area contributed by atoms with Crippen molar-refractivity contribution in [2.75, 3.05) is 30.5 Å². The molecule has 0 aromatic heterocycles. The molecule has 2 fully saturated rings. The molecule has 2 heterocycles. The van der Waals surface area contributed by atoms with Gasteiger partial charge in [0, 0.05) is 10.7 Å². The van der Waals surface area contributed by atoms with Gasteiger partial charge in [0.2, 0.25) is 0 Å². The van der Waals surface area contributed by atoms with Crippen LogP contribution in [0.5, 0.6) is 0 Å². The summed E-state index contributed by atoms with van der Waals surface area (Å²) in [5.74, 6) is 0. The molecule has 0 aromatic rings. The lowest BCUT2D eigenvalue weighted by molar-refractivity contribution is -0.251. The summed E-state index contributed by atoms with van der Waals surface area (Å²) in [5.41, 5.74) is 0. The summed E-state index contributed by atoms with van der Waals surface area (Å²) in [4.78, 5) is 0. The maximum Gasteiger partial charge on any atom is 0.398 e. The van der Waals surface area contributed by atoms with E-state index in [9.17, 15) is 4.57 Å². The average molecular weight is 453 g/mol. The Kier molecular flexibility index (Phi) is 10.0. The van der Waals surface area contributed by atoms with Gasteiger partial charge in [-0.3, -0.25) is 0 Å². The Labute approximate surface area is 143 Å². The molecule has 0 radical (unpaired) electrons. The van der Waals surface area contributed by atoms with Gasteiger partial charge in [-0.25, -0.2) is 0 Å². The fourth-order valence-electron chi connectivity index (χ4n) is 1.50. The van der Waals surface area contributed by atoms with Gasteiger partial charge in [-0.15, -0.1) is 0 Å². The molecule has 0 aromatic carbocycles. The Morgan fingerprint density at radius 3 is 2.10 bits per heavy atom. The van der Waals surface area contributed by atoms with Crippen molar-refractivity contribution in [2.24, 2.45) is 0 Å². The molecule has 0 amide bonds. The highest BCUT2D eigenvalue weighted by Crippen LogP contribution is 2.30. The second-order valence-corrected chi connectivity index (χ2v) is 7.63. The molecule has 2 saturated heterocycles. The lowest BCUT2D eigenvalue weighted by atomic mass is 10.5. The minimum Gasteiger partial charge on any atom is -0.327 e. The summed E-state index contributed by atoms with van der Waals surface area (Å²) in [6.07, 6.45) is 0.358.